The highest BCUT2D eigenvalue weighted by molar-refractivity contribution is 6.76. The van der Waals surface area contributed by atoms with Crippen molar-refractivity contribution in [1.29, 1.82) is 0 Å². The van der Waals surface area contributed by atoms with Gasteiger partial charge in [-0.1, -0.05) is 53.1 Å². The molecule has 0 saturated carbocycles. The van der Waals surface area contributed by atoms with Crippen molar-refractivity contribution < 1.29 is 22.4 Å². The van der Waals surface area contributed by atoms with Gasteiger partial charge in [0.25, 0.3) is 0 Å². The smallest absolute Gasteiger partial charge is 0.334 e. The molecular weight excluding hydrogens is 478 g/mol. The molecule has 1 aliphatic heterocycles. The van der Waals surface area contributed by atoms with E-state index < -0.39 is 24.1 Å². The zero-order valence-corrected chi connectivity index (χ0v) is 24.0. The SMILES string of the molecule is CO[C@@H]1[C@H](O[SiH](O[Si](OC)(C(C)C)C(C)C)C(C)C)[C@@H](C)O[C@H]1n1ccc2c(Cl)ncnc21. The van der Waals surface area contributed by atoms with Crippen molar-refractivity contribution >= 4 is 40.5 Å². The van der Waals surface area contributed by atoms with Crippen LogP contribution in [0.1, 0.15) is 54.7 Å². The van der Waals surface area contributed by atoms with Crippen LogP contribution >= 0.6 is 11.6 Å². The number of nitrogens with zero attached hydrogens (tertiary/aromatic N) is 3. The molecule has 1 saturated heterocycles. The van der Waals surface area contributed by atoms with Crippen LogP contribution in [0.3, 0.4) is 0 Å². The molecule has 0 N–H and O–H groups in total. The number of fused-ring (bicyclic) bond motifs is 1. The molecule has 0 aromatic carbocycles. The standard InChI is InChI=1S/C22H38ClN3O5Si2/c1-13(2)32(31-33(28-9,14(3)4)15(5)6)30-18-16(7)29-22(19(18)27-8)26-11-10-17-20(23)24-12-25-21(17)26/h10-16,18-19,22,32H,1-9H3/t16-,18-,19-,22-,32?/m1/s1. The highest BCUT2D eigenvalue weighted by Crippen LogP contribution is 2.39. The number of aromatic nitrogens is 3. The Labute approximate surface area is 205 Å². The summed E-state index contributed by atoms with van der Waals surface area (Å²) in [5, 5.41) is 1.19. The maximum absolute atomic E-state index is 6.86. The molecule has 2 aromatic heterocycles. The lowest BCUT2D eigenvalue weighted by molar-refractivity contribution is -0.0466. The molecule has 2 aromatic rings. The number of ether oxygens (including phenoxy) is 2. The Balaban J connectivity index is 1.89. The van der Waals surface area contributed by atoms with E-state index in [2.05, 4.69) is 51.5 Å². The Morgan fingerprint density at radius 2 is 1.76 bits per heavy atom. The fourth-order valence-electron chi connectivity index (χ4n) is 4.73. The molecular formula is C22H38ClN3O5Si2. The van der Waals surface area contributed by atoms with Crippen LogP contribution in [0.25, 0.3) is 11.0 Å². The summed E-state index contributed by atoms with van der Waals surface area (Å²) in [7, 11) is -1.16. The van der Waals surface area contributed by atoms with Crippen molar-refractivity contribution in [3.63, 3.8) is 0 Å². The van der Waals surface area contributed by atoms with Gasteiger partial charge in [0.2, 0.25) is 0 Å². The predicted molar refractivity (Wildman–Crippen MR) is 134 cm³/mol. The quantitative estimate of drug-likeness (QED) is 0.327. The average Bonchev–Trinajstić information content (AvgIpc) is 3.32. The van der Waals surface area contributed by atoms with Crippen LogP contribution in [0.5, 0.6) is 0 Å². The van der Waals surface area contributed by atoms with Crippen LogP contribution in [0.15, 0.2) is 18.6 Å². The van der Waals surface area contributed by atoms with Crippen molar-refractivity contribution in [2.24, 2.45) is 0 Å². The topological polar surface area (TPSA) is 76.9 Å². The zero-order valence-electron chi connectivity index (χ0n) is 21.1. The Morgan fingerprint density at radius 1 is 1.09 bits per heavy atom. The van der Waals surface area contributed by atoms with E-state index in [1.165, 1.54) is 6.33 Å². The lowest BCUT2D eigenvalue weighted by Crippen LogP contribution is -2.54. The Bertz CT molecular complexity index is 921. The van der Waals surface area contributed by atoms with Crippen LogP contribution < -0.4 is 0 Å². The van der Waals surface area contributed by atoms with Gasteiger partial charge in [0.15, 0.2) is 6.23 Å². The maximum atomic E-state index is 6.86. The van der Waals surface area contributed by atoms with Crippen LogP contribution in [0, 0.1) is 0 Å². The molecule has 5 atom stereocenters. The van der Waals surface area contributed by atoms with Crippen molar-refractivity contribution in [1.82, 2.24) is 14.5 Å². The van der Waals surface area contributed by atoms with Crippen molar-refractivity contribution in [3.8, 4) is 0 Å². The van der Waals surface area contributed by atoms with Crippen molar-refractivity contribution in [2.75, 3.05) is 14.2 Å². The molecule has 0 spiro atoms. The highest BCUT2D eigenvalue weighted by Gasteiger charge is 2.50. The van der Waals surface area contributed by atoms with Crippen LogP contribution in [0.2, 0.25) is 21.8 Å². The lowest BCUT2D eigenvalue weighted by atomic mass is 10.1. The number of hydrogen-bond acceptors (Lipinski definition) is 7. The summed E-state index contributed by atoms with van der Waals surface area (Å²) in [4.78, 5) is 8.49. The molecule has 0 radical (unpaired) electrons. The average molecular weight is 516 g/mol. The molecule has 0 amide bonds. The molecule has 11 heteroatoms. The van der Waals surface area contributed by atoms with Gasteiger partial charge < -0.3 is 27.0 Å². The zero-order chi connectivity index (χ0) is 24.5. The summed E-state index contributed by atoms with van der Waals surface area (Å²) in [5.74, 6) is 0. The molecule has 33 heavy (non-hydrogen) atoms. The first kappa shape index (κ1) is 26.7. The minimum absolute atomic E-state index is 0.191. The fourth-order valence-corrected chi connectivity index (χ4v) is 13.5. The van der Waals surface area contributed by atoms with Gasteiger partial charge in [0.1, 0.15) is 29.3 Å². The van der Waals surface area contributed by atoms with Crippen molar-refractivity contribution in [3.05, 3.63) is 23.7 Å². The first-order valence-corrected chi connectivity index (χ1v) is 15.6. The minimum atomic E-state index is -2.47. The van der Waals surface area contributed by atoms with Gasteiger partial charge >= 0.3 is 17.8 Å². The third-order valence-electron chi connectivity index (χ3n) is 6.49. The number of rotatable bonds is 10. The van der Waals surface area contributed by atoms with Gasteiger partial charge in [-0.25, -0.2) is 9.97 Å². The molecule has 8 nitrogen and oxygen atoms in total. The second kappa shape index (κ2) is 10.8. The van der Waals surface area contributed by atoms with Gasteiger partial charge in [0.05, 0.1) is 11.5 Å². The predicted octanol–water partition coefficient (Wildman–Crippen LogP) is 4.96. The molecule has 1 fully saturated rings. The first-order chi connectivity index (χ1) is 15.6. The maximum Gasteiger partial charge on any atom is 0.334 e. The summed E-state index contributed by atoms with van der Waals surface area (Å²) in [6.07, 6.45) is 2.15. The first-order valence-electron chi connectivity index (χ1n) is 11.6. The molecule has 3 rings (SSSR count). The van der Waals surface area contributed by atoms with Crippen molar-refractivity contribution in [2.45, 2.75) is 89.6 Å². The fraction of sp³-hybridized carbons (Fsp3) is 0.727. The number of hydrogen-bond donors (Lipinski definition) is 0. The van der Waals surface area contributed by atoms with Gasteiger partial charge in [0, 0.05) is 20.4 Å². The van der Waals surface area contributed by atoms with Crippen LogP contribution in [-0.4, -0.2) is 64.9 Å². The molecule has 1 aliphatic rings. The summed E-state index contributed by atoms with van der Waals surface area (Å²) in [6, 6.07) is 1.89. The van der Waals surface area contributed by atoms with E-state index in [0.717, 1.165) is 5.39 Å². The van der Waals surface area contributed by atoms with Crippen LogP contribution in [-0.2, 0) is 22.4 Å². The van der Waals surface area contributed by atoms with E-state index in [1.807, 2.05) is 23.8 Å². The van der Waals surface area contributed by atoms with E-state index in [9.17, 15) is 0 Å². The second-order valence-corrected chi connectivity index (χ2v) is 17.4. The molecule has 186 valence electrons. The largest absolute Gasteiger partial charge is 0.416 e. The van der Waals surface area contributed by atoms with E-state index in [-0.39, 0.29) is 23.9 Å². The van der Waals surface area contributed by atoms with E-state index >= 15 is 0 Å². The number of halogens is 1. The summed E-state index contributed by atoms with van der Waals surface area (Å²) in [5.41, 5.74) is 1.57. The monoisotopic (exact) mass is 515 g/mol. The van der Waals surface area contributed by atoms with Gasteiger partial charge in [-0.05, 0) is 29.6 Å². The summed E-state index contributed by atoms with van der Waals surface area (Å²) in [6.45, 7) is 15.1. The molecule has 0 aliphatic carbocycles. The van der Waals surface area contributed by atoms with Crippen LogP contribution in [0.4, 0.5) is 0 Å². The molecule has 3 heterocycles. The number of methoxy groups -OCH3 is 1. The molecule has 0 bridgehead atoms. The van der Waals surface area contributed by atoms with E-state index in [4.69, 9.17) is 34.0 Å². The third-order valence-corrected chi connectivity index (χ3v) is 14.7. The highest BCUT2D eigenvalue weighted by atomic mass is 35.5. The Kier molecular flexibility index (Phi) is 8.77. The summed E-state index contributed by atoms with van der Waals surface area (Å²) >= 11 is 6.25. The van der Waals surface area contributed by atoms with Gasteiger partial charge in [-0.2, -0.15) is 0 Å². The Hall–Kier alpha value is -0.856. The Morgan fingerprint density at radius 3 is 2.30 bits per heavy atom. The van der Waals surface area contributed by atoms with Gasteiger partial charge in [-0.15, -0.1) is 0 Å². The normalized spacial score (nSPS) is 25.1. The lowest BCUT2D eigenvalue weighted by Gasteiger charge is -2.41. The molecule has 1 unspecified atom stereocenters. The van der Waals surface area contributed by atoms with E-state index in [1.54, 1.807) is 14.2 Å². The second-order valence-electron chi connectivity index (χ2n) is 9.62. The minimum Gasteiger partial charge on any atom is -0.416 e. The van der Waals surface area contributed by atoms with Gasteiger partial charge in [-0.3, -0.25) is 0 Å². The third kappa shape index (κ3) is 5.08. The van der Waals surface area contributed by atoms with E-state index in [0.29, 0.717) is 21.9 Å². The summed E-state index contributed by atoms with van der Waals surface area (Å²) < 4.78 is 34.0.